The molecule has 0 fully saturated rings. The maximum Gasteiger partial charge on any atom is 0.193 e. The summed E-state index contributed by atoms with van der Waals surface area (Å²) >= 11 is 1.62. The molecule has 3 aromatic rings. The van der Waals surface area contributed by atoms with Crippen LogP contribution >= 0.6 is 11.3 Å². The van der Waals surface area contributed by atoms with Crippen molar-refractivity contribution < 1.29 is 9.84 Å². The summed E-state index contributed by atoms with van der Waals surface area (Å²) < 4.78 is 7.20. The van der Waals surface area contributed by atoms with Gasteiger partial charge in [-0.3, -0.25) is 9.30 Å². The molecule has 2 heterocycles. The zero-order valence-electron chi connectivity index (χ0n) is 12.6. The van der Waals surface area contributed by atoms with Crippen LogP contribution in [0.1, 0.15) is 17.3 Å². The van der Waals surface area contributed by atoms with E-state index in [0.717, 1.165) is 22.0 Å². The first kappa shape index (κ1) is 15.0. The van der Waals surface area contributed by atoms with Gasteiger partial charge in [0.05, 0.1) is 25.5 Å². The molecule has 0 saturated carbocycles. The number of aliphatic hydroxyl groups excluding tert-OH is 1. The lowest BCUT2D eigenvalue weighted by Crippen LogP contribution is -2.27. The van der Waals surface area contributed by atoms with Crippen molar-refractivity contribution in [1.82, 2.24) is 14.3 Å². The first-order valence-electron chi connectivity index (χ1n) is 7.07. The average molecular weight is 317 g/mol. The number of ether oxygens (including phenoxy) is 1. The summed E-state index contributed by atoms with van der Waals surface area (Å²) in [5, 5.41) is 11.8. The Hall–Kier alpha value is -1.89. The van der Waals surface area contributed by atoms with Gasteiger partial charge < -0.3 is 9.84 Å². The molecule has 0 spiro atoms. The Morgan fingerprint density at radius 3 is 2.77 bits per heavy atom. The first-order valence-corrected chi connectivity index (χ1v) is 7.95. The fourth-order valence-corrected chi connectivity index (χ4v) is 3.26. The van der Waals surface area contributed by atoms with Crippen LogP contribution in [0.4, 0.5) is 0 Å². The first-order chi connectivity index (χ1) is 10.7. The second kappa shape index (κ2) is 6.48. The van der Waals surface area contributed by atoms with Crippen molar-refractivity contribution >= 4 is 16.3 Å². The van der Waals surface area contributed by atoms with Crippen LogP contribution in [0.2, 0.25) is 0 Å². The number of fused-ring (bicyclic) bond motifs is 1. The molecule has 0 saturated heterocycles. The van der Waals surface area contributed by atoms with E-state index in [1.807, 2.05) is 53.5 Å². The van der Waals surface area contributed by atoms with Crippen molar-refractivity contribution in [3.05, 3.63) is 53.3 Å². The van der Waals surface area contributed by atoms with Crippen molar-refractivity contribution in [1.29, 1.82) is 0 Å². The third-order valence-corrected chi connectivity index (χ3v) is 4.53. The second-order valence-corrected chi connectivity index (χ2v) is 6.08. The molecule has 0 aliphatic rings. The number of rotatable bonds is 6. The number of hydrogen-bond donors (Lipinski definition) is 1. The van der Waals surface area contributed by atoms with Gasteiger partial charge in [-0.1, -0.05) is 12.1 Å². The van der Waals surface area contributed by atoms with Crippen molar-refractivity contribution in [3.8, 4) is 5.75 Å². The standard InChI is InChI=1S/C16H19N3O2S/c1-18(9-13-10-19-7-8-22-16(19)17-13)15(11-20)12-3-5-14(21-2)6-4-12/h3-8,10,15,20H,9,11H2,1-2H3. The molecule has 2 aromatic heterocycles. The minimum atomic E-state index is -0.0642. The van der Waals surface area contributed by atoms with Crippen molar-refractivity contribution in [2.45, 2.75) is 12.6 Å². The van der Waals surface area contributed by atoms with Crippen LogP contribution in [0.25, 0.3) is 4.96 Å². The maximum absolute atomic E-state index is 9.76. The van der Waals surface area contributed by atoms with Crippen molar-refractivity contribution in [2.24, 2.45) is 0 Å². The summed E-state index contributed by atoms with van der Waals surface area (Å²) in [7, 11) is 3.65. The summed E-state index contributed by atoms with van der Waals surface area (Å²) in [5.41, 5.74) is 2.06. The molecule has 1 atom stereocenters. The highest BCUT2D eigenvalue weighted by atomic mass is 32.1. The third-order valence-electron chi connectivity index (χ3n) is 3.76. The van der Waals surface area contributed by atoms with E-state index >= 15 is 0 Å². The van der Waals surface area contributed by atoms with Crippen LogP contribution in [-0.2, 0) is 6.54 Å². The van der Waals surface area contributed by atoms with E-state index in [9.17, 15) is 5.11 Å². The molecule has 0 bridgehead atoms. The van der Waals surface area contributed by atoms with E-state index in [-0.39, 0.29) is 12.6 Å². The molecule has 0 aliphatic carbocycles. The smallest absolute Gasteiger partial charge is 0.193 e. The van der Waals surface area contributed by atoms with Gasteiger partial charge in [0.1, 0.15) is 5.75 Å². The summed E-state index contributed by atoms with van der Waals surface area (Å²) in [4.78, 5) is 7.69. The minimum absolute atomic E-state index is 0.0606. The van der Waals surface area contributed by atoms with Gasteiger partial charge in [0.2, 0.25) is 0 Å². The number of benzene rings is 1. The highest BCUT2D eigenvalue weighted by molar-refractivity contribution is 7.15. The molecule has 0 aliphatic heterocycles. The van der Waals surface area contributed by atoms with Crippen LogP contribution in [-0.4, -0.2) is 40.2 Å². The number of methoxy groups -OCH3 is 1. The highest BCUT2D eigenvalue weighted by Gasteiger charge is 2.17. The molecule has 1 N–H and O–H groups in total. The predicted octanol–water partition coefficient (Wildman–Crippen LogP) is 2.57. The van der Waals surface area contributed by atoms with Crippen molar-refractivity contribution in [3.63, 3.8) is 0 Å². The lowest BCUT2D eigenvalue weighted by molar-refractivity contribution is 0.141. The van der Waals surface area contributed by atoms with E-state index in [1.165, 1.54) is 0 Å². The van der Waals surface area contributed by atoms with E-state index in [2.05, 4.69) is 9.88 Å². The normalized spacial score (nSPS) is 12.9. The molecule has 0 amide bonds. The molecule has 5 nitrogen and oxygen atoms in total. The number of imidazole rings is 1. The van der Waals surface area contributed by atoms with Crippen LogP contribution in [0.3, 0.4) is 0 Å². The zero-order valence-corrected chi connectivity index (χ0v) is 13.5. The predicted molar refractivity (Wildman–Crippen MR) is 87.4 cm³/mol. The third kappa shape index (κ3) is 2.99. The monoisotopic (exact) mass is 317 g/mol. The maximum atomic E-state index is 9.76. The summed E-state index contributed by atoms with van der Waals surface area (Å²) in [5.74, 6) is 0.817. The molecule has 6 heteroatoms. The zero-order chi connectivity index (χ0) is 15.5. The summed E-state index contributed by atoms with van der Waals surface area (Å²) in [6, 6.07) is 7.74. The van der Waals surface area contributed by atoms with E-state index in [1.54, 1.807) is 18.4 Å². The molecule has 22 heavy (non-hydrogen) atoms. The molecular weight excluding hydrogens is 298 g/mol. The van der Waals surface area contributed by atoms with Crippen LogP contribution in [0.5, 0.6) is 5.75 Å². The van der Waals surface area contributed by atoms with Gasteiger partial charge in [-0.05, 0) is 24.7 Å². The van der Waals surface area contributed by atoms with Gasteiger partial charge in [0.15, 0.2) is 4.96 Å². The van der Waals surface area contributed by atoms with Crippen LogP contribution in [0, 0.1) is 0 Å². The van der Waals surface area contributed by atoms with Crippen LogP contribution < -0.4 is 4.74 Å². The van der Waals surface area contributed by atoms with Gasteiger partial charge in [-0.25, -0.2) is 4.98 Å². The lowest BCUT2D eigenvalue weighted by Gasteiger charge is -2.26. The van der Waals surface area contributed by atoms with Crippen LogP contribution in [0.15, 0.2) is 42.0 Å². The molecule has 1 unspecified atom stereocenters. The molecular formula is C16H19N3O2S. The van der Waals surface area contributed by atoms with Gasteiger partial charge in [0, 0.05) is 24.3 Å². The highest BCUT2D eigenvalue weighted by Crippen LogP contribution is 2.23. The van der Waals surface area contributed by atoms with Gasteiger partial charge in [0.25, 0.3) is 0 Å². The van der Waals surface area contributed by atoms with Crippen molar-refractivity contribution in [2.75, 3.05) is 20.8 Å². The topological polar surface area (TPSA) is 50.0 Å². The largest absolute Gasteiger partial charge is 0.497 e. The summed E-state index contributed by atoms with van der Waals surface area (Å²) in [6.45, 7) is 0.747. The number of aromatic nitrogens is 2. The Morgan fingerprint density at radius 1 is 1.36 bits per heavy atom. The summed E-state index contributed by atoms with van der Waals surface area (Å²) in [6.07, 6.45) is 4.04. The second-order valence-electron chi connectivity index (χ2n) is 5.21. The SMILES string of the molecule is COc1ccc(C(CO)N(C)Cc2cn3ccsc3n2)cc1. The van der Waals surface area contributed by atoms with E-state index in [4.69, 9.17) is 4.74 Å². The molecule has 116 valence electrons. The van der Waals surface area contributed by atoms with E-state index < -0.39 is 0 Å². The number of hydrogen-bond acceptors (Lipinski definition) is 5. The van der Waals surface area contributed by atoms with Gasteiger partial charge in [-0.2, -0.15) is 0 Å². The fraction of sp³-hybridized carbons (Fsp3) is 0.312. The number of likely N-dealkylation sites (N-methyl/N-ethyl adjacent to an activating group) is 1. The Labute approximate surface area is 133 Å². The molecule has 0 radical (unpaired) electrons. The lowest BCUT2D eigenvalue weighted by atomic mass is 10.1. The molecule has 1 aromatic carbocycles. The van der Waals surface area contributed by atoms with Gasteiger partial charge >= 0.3 is 0 Å². The Bertz CT molecular complexity index is 707. The number of thiazole rings is 1. The Kier molecular flexibility index (Phi) is 4.42. The average Bonchev–Trinajstić information content (AvgIpc) is 3.10. The van der Waals surface area contributed by atoms with E-state index in [0.29, 0.717) is 6.54 Å². The Balaban J connectivity index is 1.75. The number of aliphatic hydroxyl groups is 1. The quantitative estimate of drug-likeness (QED) is 0.759. The minimum Gasteiger partial charge on any atom is -0.497 e. The van der Waals surface area contributed by atoms with Gasteiger partial charge in [-0.15, -0.1) is 11.3 Å². The Morgan fingerprint density at radius 2 is 2.14 bits per heavy atom. The number of nitrogens with zero attached hydrogens (tertiary/aromatic N) is 3. The fourth-order valence-electron chi connectivity index (χ4n) is 2.54. The molecule has 3 rings (SSSR count).